The summed E-state index contributed by atoms with van der Waals surface area (Å²) in [5.41, 5.74) is 1.31. The van der Waals surface area contributed by atoms with Crippen LogP contribution < -0.4 is 5.32 Å². The second-order valence-electron chi connectivity index (χ2n) is 3.75. The van der Waals surface area contributed by atoms with Gasteiger partial charge in [0.05, 0.1) is 0 Å². The summed E-state index contributed by atoms with van der Waals surface area (Å²) < 4.78 is 2.09. The van der Waals surface area contributed by atoms with Crippen LogP contribution in [0.1, 0.15) is 38.4 Å². The summed E-state index contributed by atoms with van der Waals surface area (Å²) in [7, 11) is 1.98. The largest absolute Gasteiger partial charge is 0.319 e. The van der Waals surface area contributed by atoms with E-state index in [9.17, 15) is 0 Å². The minimum Gasteiger partial charge on any atom is -0.319 e. The first-order valence-corrected chi connectivity index (χ1v) is 4.84. The number of hydrogen-bond acceptors (Lipinski definition) is 2. The van der Waals surface area contributed by atoms with Crippen molar-refractivity contribution in [2.24, 2.45) is 0 Å². The van der Waals surface area contributed by atoms with Crippen molar-refractivity contribution in [1.29, 1.82) is 0 Å². The first kappa shape index (κ1) is 10.3. The third-order valence-corrected chi connectivity index (χ3v) is 2.21. The highest BCUT2D eigenvalue weighted by molar-refractivity contribution is 5.08. The first-order chi connectivity index (χ1) is 6.16. The maximum Gasteiger partial charge on any atom is 0.0492 e. The third-order valence-electron chi connectivity index (χ3n) is 2.21. The molecule has 0 aliphatic heterocycles. The number of likely N-dealkylation sites (N-methyl/N-ethyl adjacent to an activating group) is 1. The molecule has 0 spiro atoms. The second kappa shape index (κ2) is 4.42. The van der Waals surface area contributed by atoms with Gasteiger partial charge in [-0.15, -0.1) is 0 Å². The van der Waals surface area contributed by atoms with Gasteiger partial charge in [0.2, 0.25) is 0 Å². The molecule has 1 N–H and O–H groups in total. The molecule has 3 nitrogen and oxygen atoms in total. The van der Waals surface area contributed by atoms with E-state index in [1.165, 1.54) is 5.69 Å². The van der Waals surface area contributed by atoms with Crippen LogP contribution >= 0.6 is 0 Å². The fourth-order valence-corrected chi connectivity index (χ4v) is 1.56. The van der Waals surface area contributed by atoms with Crippen LogP contribution in [0.4, 0.5) is 0 Å². The third kappa shape index (κ3) is 2.31. The Hall–Kier alpha value is -0.830. The van der Waals surface area contributed by atoms with Gasteiger partial charge in [0.1, 0.15) is 0 Å². The maximum atomic E-state index is 4.31. The zero-order chi connectivity index (χ0) is 9.84. The molecule has 0 aliphatic rings. The van der Waals surface area contributed by atoms with Gasteiger partial charge >= 0.3 is 0 Å². The lowest BCUT2D eigenvalue weighted by Crippen LogP contribution is -2.18. The average Bonchev–Trinajstić information content (AvgIpc) is 2.52. The highest BCUT2D eigenvalue weighted by Gasteiger charge is 2.11. The van der Waals surface area contributed by atoms with Crippen molar-refractivity contribution < 1.29 is 0 Å². The molecular formula is C10H19N3. The fourth-order valence-electron chi connectivity index (χ4n) is 1.56. The lowest BCUT2D eigenvalue weighted by Gasteiger charge is -2.16. The zero-order valence-electron chi connectivity index (χ0n) is 8.91. The van der Waals surface area contributed by atoms with E-state index >= 15 is 0 Å². The van der Waals surface area contributed by atoms with Gasteiger partial charge in [-0.2, -0.15) is 5.10 Å². The average molecular weight is 181 g/mol. The van der Waals surface area contributed by atoms with Crippen LogP contribution in [0.2, 0.25) is 0 Å². The Labute approximate surface area is 80.1 Å². The molecule has 1 rings (SSSR count). The molecule has 1 atom stereocenters. The molecule has 0 fully saturated rings. The van der Waals surface area contributed by atoms with Crippen molar-refractivity contribution in [2.75, 3.05) is 13.6 Å². The quantitative estimate of drug-likeness (QED) is 0.767. The molecule has 13 heavy (non-hydrogen) atoms. The Morgan fingerprint density at radius 2 is 2.15 bits per heavy atom. The number of rotatable bonds is 4. The van der Waals surface area contributed by atoms with Gasteiger partial charge in [0.15, 0.2) is 0 Å². The summed E-state index contributed by atoms with van der Waals surface area (Å²) in [6, 6.07) is 2.55. The zero-order valence-corrected chi connectivity index (χ0v) is 8.91. The number of aromatic nitrogens is 2. The van der Waals surface area contributed by atoms with Crippen LogP contribution in [0, 0.1) is 0 Å². The van der Waals surface area contributed by atoms with Crippen LogP contribution in [-0.2, 0) is 0 Å². The Kier molecular flexibility index (Phi) is 3.48. The minimum atomic E-state index is 0.448. The van der Waals surface area contributed by atoms with Crippen molar-refractivity contribution >= 4 is 0 Å². The molecular weight excluding hydrogens is 162 g/mol. The van der Waals surface area contributed by atoms with Gasteiger partial charge in [-0.25, -0.2) is 0 Å². The number of hydrogen-bond donors (Lipinski definition) is 1. The van der Waals surface area contributed by atoms with Gasteiger partial charge in [0.25, 0.3) is 0 Å². The Balaban J connectivity index is 2.80. The topological polar surface area (TPSA) is 29.9 Å². The maximum absolute atomic E-state index is 4.31. The predicted molar refractivity (Wildman–Crippen MR) is 55.0 cm³/mol. The van der Waals surface area contributed by atoms with E-state index in [-0.39, 0.29) is 0 Å². The summed E-state index contributed by atoms with van der Waals surface area (Å²) in [5, 5.41) is 7.49. The first-order valence-electron chi connectivity index (χ1n) is 4.84. The molecule has 0 amide bonds. The summed E-state index contributed by atoms with van der Waals surface area (Å²) >= 11 is 0. The van der Waals surface area contributed by atoms with E-state index < -0.39 is 0 Å². The molecule has 3 heteroatoms. The van der Waals surface area contributed by atoms with Gasteiger partial charge < -0.3 is 5.32 Å². The van der Waals surface area contributed by atoms with E-state index in [1.807, 2.05) is 13.2 Å². The Morgan fingerprint density at radius 1 is 1.46 bits per heavy atom. The second-order valence-corrected chi connectivity index (χ2v) is 3.75. The highest BCUT2D eigenvalue weighted by Crippen LogP contribution is 2.17. The van der Waals surface area contributed by atoms with Crippen LogP contribution in [0.15, 0.2) is 12.3 Å². The van der Waals surface area contributed by atoms with Crippen molar-refractivity contribution in [3.05, 3.63) is 18.0 Å². The van der Waals surface area contributed by atoms with E-state index in [4.69, 9.17) is 0 Å². The molecule has 1 aromatic heterocycles. The number of nitrogens with one attached hydrogen (secondary N) is 1. The lowest BCUT2D eigenvalue weighted by atomic mass is 10.1. The number of nitrogens with zero attached hydrogens (tertiary/aromatic N) is 2. The van der Waals surface area contributed by atoms with Gasteiger partial charge in [-0.05, 0) is 27.0 Å². The summed E-state index contributed by atoms with van der Waals surface area (Å²) in [4.78, 5) is 0. The standard InChI is InChI=1S/C10H19N3/c1-8(2)13-10(5-6-12-13)9(3)7-11-4/h5-6,8-9,11H,7H2,1-4H3. The summed E-state index contributed by atoms with van der Waals surface area (Å²) in [6.45, 7) is 7.52. The molecule has 1 aromatic rings. The Morgan fingerprint density at radius 3 is 2.69 bits per heavy atom. The van der Waals surface area contributed by atoms with Crippen LogP contribution in [0.5, 0.6) is 0 Å². The van der Waals surface area contributed by atoms with Crippen molar-refractivity contribution in [3.63, 3.8) is 0 Å². The van der Waals surface area contributed by atoms with E-state index in [2.05, 4.69) is 41.9 Å². The fraction of sp³-hybridized carbons (Fsp3) is 0.700. The molecule has 1 unspecified atom stereocenters. The van der Waals surface area contributed by atoms with Crippen LogP contribution in [0.3, 0.4) is 0 Å². The minimum absolute atomic E-state index is 0.448. The van der Waals surface area contributed by atoms with Crippen LogP contribution in [-0.4, -0.2) is 23.4 Å². The van der Waals surface area contributed by atoms with Crippen molar-refractivity contribution in [1.82, 2.24) is 15.1 Å². The summed E-state index contributed by atoms with van der Waals surface area (Å²) in [6.07, 6.45) is 1.88. The molecule has 0 aromatic carbocycles. The molecule has 0 aliphatic carbocycles. The smallest absolute Gasteiger partial charge is 0.0492 e. The monoisotopic (exact) mass is 181 g/mol. The molecule has 0 saturated carbocycles. The predicted octanol–water partition coefficient (Wildman–Crippen LogP) is 1.79. The van der Waals surface area contributed by atoms with Crippen molar-refractivity contribution in [3.8, 4) is 0 Å². The van der Waals surface area contributed by atoms with Crippen LogP contribution in [0.25, 0.3) is 0 Å². The van der Waals surface area contributed by atoms with Crippen molar-refractivity contribution in [2.45, 2.75) is 32.7 Å². The molecule has 0 bridgehead atoms. The van der Waals surface area contributed by atoms with Gasteiger partial charge in [-0.1, -0.05) is 6.92 Å². The molecule has 74 valence electrons. The molecule has 1 heterocycles. The highest BCUT2D eigenvalue weighted by atomic mass is 15.3. The molecule has 0 radical (unpaired) electrons. The van der Waals surface area contributed by atoms with Gasteiger partial charge in [0, 0.05) is 30.4 Å². The van der Waals surface area contributed by atoms with E-state index in [1.54, 1.807) is 0 Å². The molecule has 0 saturated heterocycles. The van der Waals surface area contributed by atoms with Gasteiger partial charge in [-0.3, -0.25) is 4.68 Å². The van der Waals surface area contributed by atoms with E-state index in [0.717, 1.165) is 6.54 Å². The van der Waals surface area contributed by atoms with E-state index in [0.29, 0.717) is 12.0 Å². The lowest BCUT2D eigenvalue weighted by molar-refractivity contribution is 0.486. The SMILES string of the molecule is CNCC(C)c1ccnn1C(C)C. The summed E-state index contributed by atoms with van der Waals surface area (Å²) in [5.74, 6) is 0.523. The normalized spacial score (nSPS) is 13.6. The Bertz CT molecular complexity index is 252.